The molecule has 1 aliphatic rings. The molecule has 26 heavy (non-hydrogen) atoms. The van der Waals surface area contributed by atoms with Gasteiger partial charge < -0.3 is 15.5 Å². The van der Waals surface area contributed by atoms with Gasteiger partial charge in [0, 0.05) is 24.7 Å². The first-order valence-electron chi connectivity index (χ1n) is 8.62. The molecule has 1 aliphatic heterocycles. The third-order valence-corrected chi connectivity index (χ3v) is 5.77. The molecule has 0 atom stereocenters. The molecule has 2 aromatic rings. The predicted octanol–water partition coefficient (Wildman–Crippen LogP) is 3.27. The first-order chi connectivity index (χ1) is 12.5. The highest BCUT2D eigenvalue weighted by atomic mass is 32.1. The molecule has 0 radical (unpaired) electrons. The number of thiophene rings is 1. The number of rotatable bonds is 4. The number of carbonyl (C=O) groups excluding carboxylic acids is 2. The molecule has 1 fully saturated rings. The molecule has 1 aromatic carbocycles. The molecule has 1 aromatic heterocycles. The van der Waals surface area contributed by atoms with E-state index in [9.17, 15) is 14.0 Å². The van der Waals surface area contributed by atoms with E-state index in [0.717, 1.165) is 31.5 Å². The number of likely N-dealkylation sites (tertiary alicyclic amines) is 1. The van der Waals surface area contributed by atoms with Crippen LogP contribution in [0.2, 0.25) is 0 Å². The van der Waals surface area contributed by atoms with Crippen LogP contribution >= 0.6 is 11.3 Å². The standard InChI is InChI=1S/C19H22FN3O2S/c1-12-10-16(22-18(24)13-4-3-5-14(20)11-13)26-17(12)19(25)23-8-6-15(21-2)7-9-23/h3-5,10-11,15,21H,6-9H2,1-2H3,(H,22,24). The highest BCUT2D eigenvalue weighted by Gasteiger charge is 2.25. The molecule has 1 saturated heterocycles. The van der Waals surface area contributed by atoms with Crippen molar-refractivity contribution in [2.45, 2.75) is 25.8 Å². The summed E-state index contributed by atoms with van der Waals surface area (Å²) in [5.41, 5.74) is 1.09. The van der Waals surface area contributed by atoms with E-state index in [1.54, 1.807) is 12.1 Å². The maximum Gasteiger partial charge on any atom is 0.264 e. The zero-order valence-corrected chi connectivity index (χ0v) is 15.7. The number of hydrogen-bond donors (Lipinski definition) is 2. The second-order valence-corrected chi connectivity index (χ2v) is 7.49. The van der Waals surface area contributed by atoms with E-state index in [1.807, 2.05) is 18.9 Å². The predicted molar refractivity (Wildman–Crippen MR) is 101 cm³/mol. The van der Waals surface area contributed by atoms with Crippen LogP contribution < -0.4 is 10.6 Å². The Morgan fingerprint density at radius 1 is 1.23 bits per heavy atom. The molecule has 138 valence electrons. The average Bonchev–Trinajstić information content (AvgIpc) is 3.01. The van der Waals surface area contributed by atoms with Crippen molar-refractivity contribution in [3.05, 3.63) is 52.2 Å². The number of hydrogen-bond acceptors (Lipinski definition) is 4. The third kappa shape index (κ3) is 4.11. The van der Waals surface area contributed by atoms with E-state index >= 15 is 0 Å². The highest BCUT2D eigenvalue weighted by molar-refractivity contribution is 7.18. The minimum Gasteiger partial charge on any atom is -0.338 e. The second kappa shape index (κ2) is 7.97. The Labute approximate surface area is 156 Å². The normalized spacial score (nSPS) is 15.1. The highest BCUT2D eigenvalue weighted by Crippen LogP contribution is 2.29. The quantitative estimate of drug-likeness (QED) is 0.862. The van der Waals surface area contributed by atoms with Crippen LogP contribution in [0.5, 0.6) is 0 Å². The molecule has 0 spiro atoms. The fourth-order valence-electron chi connectivity index (χ4n) is 3.08. The molecule has 2 N–H and O–H groups in total. The molecule has 5 nitrogen and oxygen atoms in total. The minimum absolute atomic E-state index is 0.00769. The molecular weight excluding hydrogens is 353 g/mol. The summed E-state index contributed by atoms with van der Waals surface area (Å²) in [6.07, 6.45) is 1.88. The van der Waals surface area contributed by atoms with E-state index in [2.05, 4.69) is 10.6 Å². The van der Waals surface area contributed by atoms with Crippen molar-refractivity contribution in [1.29, 1.82) is 0 Å². The molecular formula is C19H22FN3O2S. The van der Waals surface area contributed by atoms with Gasteiger partial charge >= 0.3 is 0 Å². The molecule has 0 aliphatic carbocycles. The van der Waals surface area contributed by atoms with Crippen LogP contribution in [-0.2, 0) is 0 Å². The van der Waals surface area contributed by atoms with Gasteiger partial charge in [-0.1, -0.05) is 6.07 Å². The van der Waals surface area contributed by atoms with E-state index in [-0.39, 0.29) is 17.4 Å². The maximum absolute atomic E-state index is 13.3. The zero-order chi connectivity index (χ0) is 18.7. The Kier molecular flexibility index (Phi) is 5.68. The van der Waals surface area contributed by atoms with Gasteiger partial charge in [-0.2, -0.15) is 0 Å². The van der Waals surface area contributed by atoms with Gasteiger partial charge in [0.15, 0.2) is 0 Å². The van der Waals surface area contributed by atoms with Gasteiger partial charge in [0.2, 0.25) is 0 Å². The number of carbonyl (C=O) groups is 2. The molecule has 7 heteroatoms. The lowest BCUT2D eigenvalue weighted by Crippen LogP contribution is -2.43. The van der Waals surface area contributed by atoms with Gasteiger partial charge in [-0.15, -0.1) is 11.3 Å². The molecule has 0 unspecified atom stereocenters. The monoisotopic (exact) mass is 375 g/mol. The van der Waals surface area contributed by atoms with Crippen molar-refractivity contribution in [3.8, 4) is 0 Å². The topological polar surface area (TPSA) is 61.4 Å². The number of nitrogens with zero attached hydrogens (tertiary/aromatic N) is 1. The lowest BCUT2D eigenvalue weighted by Gasteiger charge is -2.31. The average molecular weight is 375 g/mol. The molecule has 0 bridgehead atoms. The van der Waals surface area contributed by atoms with Gasteiger partial charge in [-0.05, 0) is 56.6 Å². The Bertz CT molecular complexity index is 813. The number of aryl methyl sites for hydroxylation is 1. The van der Waals surface area contributed by atoms with Crippen LogP contribution in [0.15, 0.2) is 30.3 Å². The smallest absolute Gasteiger partial charge is 0.264 e. The van der Waals surface area contributed by atoms with Gasteiger partial charge in [-0.25, -0.2) is 4.39 Å². The number of nitrogens with one attached hydrogen (secondary N) is 2. The summed E-state index contributed by atoms with van der Waals surface area (Å²) in [4.78, 5) is 27.5. The van der Waals surface area contributed by atoms with E-state index in [4.69, 9.17) is 0 Å². The van der Waals surface area contributed by atoms with Gasteiger partial charge in [0.25, 0.3) is 11.8 Å². The summed E-state index contributed by atoms with van der Waals surface area (Å²) in [7, 11) is 1.94. The minimum atomic E-state index is -0.458. The lowest BCUT2D eigenvalue weighted by molar-refractivity contribution is 0.0711. The number of amides is 2. The summed E-state index contributed by atoms with van der Waals surface area (Å²) < 4.78 is 13.3. The van der Waals surface area contributed by atoms with Crippen molar-refractivity contribution < 1.29 is 14.0 Å². The van der Waals surface area contributed by atoms with Crippen LogP contribution in [0.4, 0.5) is 9.39 Å². The summed E-state index contributed by atoms with van der Waals surface area (Å²) in [6.45, 7) is 3.32. The maximum atomic E-state index is 13.3. The van der Waals surface area contributed by atoms with Crippen LogP contribution in [-0.4, -0.2) is 42.9 Å². The van der Waals surface area contributed by atoms with Crippen LogP contribution in [0, 0.1) is 12.7 Å². The van der Waals surface area contributed by atoms with Gasteiger partial charge in [0.05, 0.1) is 9.88 Å². The largest absolute Gasteiger partial charge is 0.338 e. The fourth-order valence-corrected chi connectivity index (χ4v) is 4.12. The summed E-state index contributed by atoms with van der Waals surface area (Å²) >= 11 is 1.26. The SMILES string of the molecule is CNC1CCN(C(=O)c2sc(NC(=O)c3cccc(F)c3)cc2C)CC1. The molecule has 2 heterocycles. The van der Waals surface area contributed by atoms with Crippen molar-refractivity contribution in [2.75, 3.05) is 25.5 Å². The van der Waals surface area contributed by atoms with E-state index in [1.165, 1.54) is 29.5 Å². The molecule has 3 rings (SSSR count). The van der Waals surface area contributed by atoms with Crippen molar-refractivity contribution >= 4 is 28.2 Å². The number of benzene rings is 1. The summed E-state index contributed by atoms with van der Waals surface area (Å²) in [5, 5.41) is 6.59. The number of piperidine rings is 1. The fraction of sp³-hybridized carbons (Fsp3) is 0.368. The van der Waals surface area contributed by atoms with Crippen molar-refractivity contribution in [1.82, 2.24) is 10.2 Å². The van der Waals surface area contributed by atoms with E-state index < -0.39 is 5.82 Å². The number of anilines is 1. The lowest BCUT2D eigenvalue weighted by atomic mass is 10.1. The van der Waals surface area contributed by atoms with Crippen molar-refractivity contribution in [3.63, 3.8) is 0 Å². The van der Waals surface area contributed by atoms with Crippen LogP contribution in [0.1, 0.15) is 38.4 Å². The zero-order valence-electron chi connectivity index (χ0n) is 14.8. The third-order valence-electron chi connectivity index (χ3n) is 4.63. The van der Waals surface area contributed by atoms with Crippen molar-refractivity contribution in [2.24, 2.45) is 0 Å². The van der Waals surface area contributed by atoms with Gasteiger partial charge in [-0.3, -0.25) is 9.59 Å². The first kappa shape index (κ1) is 18.5. The number of halogens is 1. The molecule has 0 saturated carbocycles. The second-order valence-electron chi connectivity index (χ2n) is 6.44. The Morgan fingerprint density at radius 3 is 2.62 bits per heavy atom. The summed E-state index contributed by atoms with van der Waals surface area (Å²) in [6, 6.07) is 7.78. The Morgan fingerprint density at radius 2 is 1.96 bits per heavy atom. The van der Waals surface area contributed by atoms with Crippen LogP contribution in [0.3, 0.4) is 0 Å². The molecule has 2 amide bonds. The van der Waals surface area contributed by atoms with E-state index in [0.29, 0.717) is 15.9 Å². The Balaban J connectivity index is 1.69. The summed E-state index contributed by atoms with van der Waals surface area (Å²) in [5.74, 6) is -0.839. The van der Waals surface area contributed by atoms with Crippen LogP contribution in [0.25, 0.3) is 0 Å². The first-order valence-corrected chi connectivity index (χ1v) is 9.43. The van der Waals surface area contributed by atoms with Gasteiger partial charge in [0.1, 0.15) is 5.82 Å². The Hall–Kier alpha value is -2.25.